The monoisotopic (exact) mass is 281 g/mol. The largest absolute Gasteiger partial charge is 0.354 e. The van der Waals surface area contributed by atoms with Gasteiger partial charge in [0.1, 0.15) is 0 Å². The van der Waals surface area contributed by atoms with Crippen LogP contribution in [-0.2, 0) is 0 Å². The van der Waals surface area contributed by atoms with Crippen LogP contribution >= 0.6 is 23.4 Å². The Morgan fingerprint density at radius 2 is 2.00 bits per heavy atom. The van der Waals surface area contributed by atoms with Crippen molar-refractivity contribution in [1.29, 1.82) is 0 Å². The minimum atomic E-state index is 0.195. The van der Waals surface area contributed by atoms with Gasteiger partial charge >= 0.3 is 0 Å². The molecule has 94 valence electrons. The van der Waals surface area contributed by atoms with E-state index >= 15 is 0 Å². The number of hydrogen-bond donors (Lipinski definition) is 1. The molecule has 2 rings (SSSR count). The zero-order chi connectivity index (χ0) is 12.8. The average molecular weight is 282 g/mol. The van der Waals surface area contributed by atoms with E-state index in [1.807, 2.05) is 12.1 Å². The van der Waals surface area contributed by atoms with Crippen LogP contribution in [0.2, 0.25) is 5.28 Å². The van der Waals surface area contributed by atoms with Gasteiger partial charge in [-0.2, -0.15) is 15.0 Å². The van der Waals surface area contributed by atoms with Crippen molar-refractivity contribution < 1.29 is 0 Å². The number of hydrogen-bond acceptors (Lipinski definition) is 6. The first-order valence-electron chi connectivity index (χ1n) is 5.51. The molecule has 0 aromatic carbocycles. The molecule has 2 aromatic rings. The predicted molar refractivity (Wildman–Crippen MR) is 72.0 cm³/mol. The standard InChI is InChI=1S/C11H12ClN5S/c1-2-5-14-10-15-9(12)16-11(17-10)18-8-3-6-13-7-4-8/h3-4,6-7H,2,5H2,1H3,(H,14,15,16,17). The molecular weight excluding hydrogens is 270 g/mol. The number of halogens is 1. The van der Waals surface area contributed by atoms with Crippen molar-refractivity contribution >= 4 is 29.3 Å². The van der Waals surface area contributed by atoms with Crippen molar-refractivity contribution in [2.24, 2.45) is 0 Å². The highest BCUT2D eigenvalue weighted by molar-refractivity contribution is 7.99. The van der Waals surface area contributed by atoms with Crippen molar-refractivity contribution in [3.05, 3.63) is 29.8 Å². The van der Waals surface area contributed by atoms with Crippen LogP contribution in [-0.4, -0.2) is 26.5 Å². The summed E-state index contributed by atoms with van der Waals surface area (Å²) in [6, 6.07) is 3.78. The van der Waals surface area contributed by atoms with E-state index in [-0.39, 0.29) is 5.28 Å². The highest BCUT2D eigenvalue weighted by Crippen LogP contribution is 2.24. The summed E-state index contributed by atoms with van der Waals surface area (Å²) in [5.41, 5.74) is 0. The van der Waals surface area contributed by atoms with E-state index in [1.54, 1.807) is 12.4 Å². The van der Waals surface area contributed by atoms with Gasteiger partial charge in [0, 0.05) is 23.8 Å². The zero-order valence-electron chi connectivity index (χ0n) is 9.80. The summed E-state index contributed by atoms with van der Waals surface area (Å²) >= 11 is 7.29. The van der Waals surface area contributed by atoms with Gasteiger partial charge in [-0.25, -0.2) is 0 Å². The summed E-state index contributed by atoms with van der Waals surface area (Å²) < 4.78 is 0. The van der Waals surface area contributed by atoms with E-state index in [0.717, 1.165) is 17.9 Å². The molecule has 0 bridgehead atoms. The first kappa shape index (κ1) is 13.0. The molecule has 0 spiro atoms. The lowest BCUT2D eigenvalue weighted by atomic mass is 10.5. The molecule has 0 aliphatic heterocycles. The summed E-state index contributed by atoms with van der Waals surface area (Å²) in [6.45, 7) is 2.88. The van der Waals surface area contributed by atoms with Gasteiger partial charge in [-0.1, -0.05) is 6.92 Å². The highest BCUT2D eigenvalue weighted by atomic mass is 35.5. The van der Waals surface area contributed by atoms with Gasteiger partial charge in [0.05, 0.1) is 0 Å². The molecule has 0 aliphatic carbocycles. The number of aromatic nitrogens is 4. The Morgan fingerprint density at radius 1 is 1.22 bits per heavy atom. The fraction of sp³-hybridized carbons (Fsp3) is 0.273. The van der Waals surface area contributed by atoms with Gasteiger partial charge in [-0.15, -0.1) is 0 Å². The lowest BCUT2D eigenvalue weighted by Crippen LogP contribution is -2.06. The van der Waals surface area contributed by atoms with Gasteiger partial charge in [0.2, 0.25) is 11.2 Å². The third-order valence-corrected chi connectivity index (χ3v) is 3.02. The van der Waals surface area contributed by atoms with Crippen LogP contribution in [0.1, 0.15) is 13.3 Å². The van der Waals surface area contributed by atoms with Crippen molar-refractivity contribution in [1.82, 2.24) is 19.9 Å². The Balaban J connectivity index is 2.15. The molecule has 0 unspecified atom stereocenters. The SMILES string of the molecule is CCCNc1nc(Cl)nc(Sc2ccncc2)n1. The second-order valence-electron chi connectivity index (χ2n) is 3.42. The fourth-order valence-electron chi connectivity index (χ4n) is 1.21. The van der Waals surface area contributed by atoms with Crippen molar-refractivity contribution in [2.75, 3.05) is 11.9 Å². The summed E-state index contributed by atoms with van der Waals surface area (Å²) in [5.74, 6) is 0.508. The van der Waals surface area contributed by atoms with Crippen LogP contribution in [0.3, 0.4) is 0 Å². The molecule has 0 aliphatic rings. The Morgan fingerprint density at radius 3 is 2.72 bits per heavy atom. The van der Waals surface area contributed by atoms with E-state index in [9.17, 15) is 0 Å². The molecular formula is C11H12ClN5S. The summed E-state index contributed by atoms with van der Waals surface area (Å²) in [4.78, 5) is 17.4. The number of nitrogens with zero attached hydrogens (tertiary/aromatic N) is 4. The second kappa shape index (κ2) is 6.51. The smallest absolute Gasteiger partial charge is 0.228 e. The van der Waals surface area contributed by atoms with Crippen molar-refractivity contribution in [2.45, 2.75) is 23.4 Å². The lowest BCUT2D eigenvalue weighted by molar-refractivity contribution is 0.878. The molecule has 5 nitrogen and oxygen atoms in total. The average Bonchev–Trinajstić information content (AvgIpc) is 2.37. The highest BCUT2D eigenvalue weighted by Gasteiger charge is 2.06. The third kappa shape index (κ3) is 3.82. The van der Waals surface area contributed by atoms with Gasteiger partial charge in [0.15, 0.2) is 5.16 Å². The van der Waals surface area contributed by atoms with Gasteiger partial charge < -0.3 is 5.32 Å². The number of anilines is 1. The van der Waals surface area contributed by atoms with Gasteiger partial charge in [-0.05, 0) is 41.9 Å². The topological polar surface area (TPSA) is 63.6 Å². The van der Waals surface area contributed by atoms with E-state index in [4.69, 9.17) is 11.6 Å². The molecule has 2 aromatic heterocycles. The molecule has 0 fully saturated rings. The minimum absolute atomic E-state index is 0.195. The Hall–Kier alpha value is -1.40. The maximum absolute atomic E-state index is 5.87. The fourth-order valence-corrected chi connectivity index (χ4v) is 2.15. The van der Waals surface area contributed by atoms with Crippen LogP contribution < -0.4 is 5.32 Å². The summed E-state index contributed by atoms with van der Waals surface area (Å²) in [5, 5.41) is 3.85. The maximum atomic E-state index is 5.87. The van der Waals surface area contributed by atoms with Gasteiger partial charge in [-0.3, -0.25) is 4.98 Å². The Labute approximate surface area is 114 Å². The number of nitrogens with one attached hydrogen (secondary N) is 1. The molecule has 0 saturated carbocycles. The van der Waals surface area contributed by atoms with Crippen LogP contribution in [0.5, 0.6) is 0 Å². The van der Waals surface area contributed by atoms with E-state index < -0.39 is 0 Å². The lowest BCUT2D eigenvalue weighted by Gasteiger charge is -2.05. The number of pyridine rings is 1. The first-order valence-corrected chi connectivity index (χ1v) is 6.70. The third-order valence-electron chi connectivity index (χ3n) is 1.98. The maximum Gasteiger partial charge on any atom is 0.228 e. The molecule has 0 saturated heterocycles. The summed E-state index contributed by atoms with van der Waals surface area (Å²) in [6.07, 6.45) is 4.44. The Kier molecular flexibility index (Phi) is 4.72. The van der Waals surface area contributed by atoms with E-state index in [0.29, 0.717) is 11.1 Å². The normalized spacial score (nSPS) is 10.3. The van der Waals surface area contributed by atoms with Crippen molar-refractivity contribution in [3.63, 3.8) is 0 Å². The quantitative estimate of drug-likeness (QED) is 0.909. The molecule has 0 atom stereocenters. The minimum Gasteiger partial charge on any atom is -0.354 e. The molecule has 0 amide bonds. The van der Waals surface area contributed by atoms with Crippen molar-refractivity contribution in [3.8, 4) is 0 Å². The molecule has 0 radical (unpaired) electrons. The first-order chi connectivity index (χ1) is 8.78. The van der Waals surface area contributed by atoms with Gasteiger partial charge in [0.25, 0.3) is 0 Å². The van der Waals surface area contributed by atoms with Crippen LogP contribution in [0.4, 0.5) is 5.95 Å². The molecule has 2 heterocycles. The molecule has 1 N–H and O–H groups in total. The summed E-state index contributed by atoms with van der Waals surface area (Å²) in [7, 11) is 0. The van der Waals surface area contributed by atoms with Crippen LogP contribution in [0, 0.1) is 0 Å². The Bertz CT molecular complexity index is 508. The van der Waals surface area contributed by atoms with E-state index in [1.165, 1.54) is 11.8 Å². The second-order valence-corrected chi connectivity index (χ2v) is 4.80. The zero-order valence-corrected chi connectivity index (χ0v) is 11.4. The van der Waals surface area contributed by atoms with Crippen LogP contribution in [0.25, 0.3) is 0 Å². The molecule has 18 heavy (non-hydrogen) atoms. The van der Waals surface area contributed by atoms with E-state index in [2.05, 4.69) is 32.2 Å². The predicted octanol–water partition coefficient (Wildman–Crippen LogP) is 2.89. The number of rotatable bonds is 5. The molecule has 7 heteroatoms. The van der Waals surface area contributed by atoms with Crippen LogP contribution in [0.15, 0.2) is 34.6 Å².